The first-order valence-corrected chi connectivity index (χ1v) is 8.69. The molecule has 0 aliphatic carbocycles. The van der Waals surface area contributed by atoms with E-state index in [0.29, 0.717) is 0 Å². The molecule has 1 aliphatic rings. The molecule has 23 heavy (non-hydrogen) atoms. The molecule has 0 saturated carbocycles. The van der Waals surface area contributed by atoms with E-state index in [9.17, 15) is 18.0 Å². The molecular formula is C13H20N4O5S. The number of ether oxygens (including phenoxy) is 1. The maximum Gasteiger partial charge on any atom is 0.347 e. The Balaban J connectivity index is 1.97. The van der Waals surface area contributed by atoms with Gasteiger partial charge in [0.05, 0.1) is 25.0 Å². The first-order chi connectivity index (χ1) is 10.8. The van der Waals surface area contributed by atoms with E-state index in [4.69, 9.17) is 4.74 Å². The number of carbonyl (C=O) groups excluding carboxylic acids is 1. The molecule has 0 spiro atoms. The fourth-order valence-electron chi connectivity index (χ4n) is 2.26. The molecule has 2 atom stereocenters. The van der Waals surface area contributed by atoms with Crippen LogP contribution in [-0.4, -0.2) is 67.3 Å². The number of hydrogen-bond acceptors (Lipinski definition) is 6. The molecule has 128 valence electrons. The monoisotopic (exact) mass is 344 g/mol. The van der Waals surface area contributed by atoms with E-state index in [1.165, 1.54) is 31.1 Å². The van der Waals surface area contributed by atoms with Crippen LogP contribution in [-0.2, 0) is 26.1 Å². The zero-order valence-corrected chi connectivity index (χ0v) is 13.8. The van der Waals surface area contributed by atoms with Crippen LogP contribution in [0, 0.1) is 5.92 Å². The molecule has 1 aromatic heterocycles. The molecule has 9 nitrogen and oxygen atoms in total. The average Bonchev–Trinajstić information content (AvgIpc) is 2.87. The average molecular weight is 344 g/mol. The van der Waals surface area contributed by atoms with Gasteiger partial charge in [0.1, 0.15) is 6.54 Å². The van der Waals surface area contributed by atoms with Crippen LogP contribution < -0.4 is 11.0 Å². The molecule has 0 radical (unpaired) electrons. The van der Waals surface area contributed by atoms with Crippen LogP contribution >= 0.6 is 0 Å². The molecule has 0 bridgehead atoms. The van der Waals surface area contributed by atoms with Gasteiger partial charge in [0.25, 0.3) is 0 Å². The Morgan fingerprint density at radius 1 is 1.48 bits per heavy atom. The van der Waals surface area contributed by atoms with Crippen molar-refractivity contribution in [1.82, 2.24) is 19.2 Å². The molecule has 2 heterocycles. The first-order valence-electron chi connectivity index (χ1n) is 7.08. The van der Waals surface area contributed by atoms with E-state index in [1.54, 1.807) is 6.07 Å². The van der Waals surface area contributed by atoms with Crippen LogP contribution in [0.2, 0.25) is 0 Å². The highest BCUT2D eigenvalue weighted by Crippen LogP contribution is 2.17. The lowest BCUT2D eigenvalue weighted by molar-refractivity contribution is -0.122. The van der Waals surface area contributed by atoms with Gasteiger partial charge in [-0.1, -0.05) is 0 Å². The molecule has 0 aromatic carbocycles. The van der Waals surface area contributed by atoms with Crippen molar-refractivity contribution in [2.75, 3.05) is 33.1 Å². The SMILES string of the molecule is CN(C)S(=O)(=O)C[C@@H]1COC[C@@H]1NC(=O)Cn1cccnc1=O. The predicted octanol–water partition coefficient (Wildman–Crippen LogP) is -1.73. The van der Waals surface area contributed by atoms with Crippen molar-refractivity contribution in [2.24, 2.45) is 5.92 Å². The van der Waals surface area contributed by atoms with Crippen molar-refractivity contribution in [2.45, 2.75) is 12.6 Å². The van der Waals surface area contributed by atoms with E-state index in [1.807, 2.05) is 0 Å². The smallest absolute Gasteiger partial charge is 0.347 e. The molecule has 1 N–H and O–H groups in total. The third-order valence-corrected chi connectivity index (χ3v) is 5.58. The number of nitrogens with zero attached hydrogens (tertiary/aromatic N) is 3. The minimum atomic E-state index is -3.38. The van der Waals surface area contributed by atoms with Crippen molar-refractivity contribution in [3.05, 3.63) is 28.9 Å². The molecule has 1 fully saturated rings. The first kappa shape index (κ1) is 17.6. The lowest BCUT2D eigenvalue weighted by Gasteiger charge is -2.21. The second kappa shape index (κ2) is 7.20. The molecule has 10 heteroatoms. The summed E-state index contributed by atoms with van der Waals surface area (Å²) in [7, 11) is -0.447. The number of carbonyl (C=O) groups is 1. The van der Waals surface area contributed by atoms with Crippen LogP contribution in [0.25, 0.3) is 0 Å². The summed E-state index contributed by atoms with van der Waals surface area (Å²) in [5.41, 5.74) is -0.517. The second-order valence-electron chi connectivity index (χ2n) is 5.56. The van der Waals surface area contributed by atoms with E-state index in [-0.39, 0.29) is 37.3 Å². The van der Waals surface area contributed by atoms with Crippen LogP contribution in [0.15, 0.2) is 23.3 Å². The second-order valence-corrected chi connectivity index (χ2v) is 7.79. The molecular weight excluding hydrogens is 324 g/mol. The fourth-order valence-corrected chi connectivity index (χ4v) is 3.42. The van der Waals surface area contributed by atoms with Crippen LogP contribution in [0.1, 0.15) is 0 Å². The number of aromatic nitrogens is 2. The summed E-state index contributed by atoms with van der Waals surface area (Å²) in [4.78, 5) is 27.1. The van der Waals surface area contributed by atoms with Gasteiger partial charge < -0.3 is 10.1 Å². The van der Waals surface area contributed by atoms with Crippen molar-refractivity contribution in [1.29, 1.82) is 0 Å². The van der Waals surface area contributed by atoms with Gasteiger partial charge in [-0.3, -0.25) is 9.36 Å². The molecule has 1 aliphatic heterocycles. The fraction of sp³-hybridized carbons (Fsp3) is 0.615. The normalized spacial score (nSPS) is 21.5. The molecule has 1 aromatic rings. The summed E-state index contributed by atoms with van der Waals surface area (Å²) < 4.78 is 31.5. The van der Waals surface area contributed by atoms with Crippen molar-refractivity contribution < 1.29 is 17.9 Å². The van der Waals surface area contributed by atoms with Gasteiger partial charge in [0.15, 0.2) is 0 Å². The summed E-state index contributed by atoms with van der Waals surface area (Å²) in [6.45, 7) is 0.350. The highest BCUT2D eigenvalue weighted by atomic mass is 32.2. The summed E-state index contributed by atoms with van der Waals surface area (Å²) in [5, 5.41) is 2.73. The highest BCUT2D eigenvalue weighted by molar-refractivity contribution is 7.89. The Kier molecular flexibility index (Phi) is 5.50. The third kappa shape index (κ3) is 4.60. The Bertz CT molecular complexity index is 715. The topological polar surface area (TPSA) is 111 Å². The van der Waals surface area contributed by atoms with E-state index in [2.05, 4.69) is 10.3 Å². The summed E-state index contributed by atoms with van der Waals surface area (Å²) in [6, 6.07) is 1.16. The van der Waals surface area contributed by atoms with E-state index < -0.39 is 21.8 Å². The standard InChI is InChI=1S/C13H20N4O5S/c1-16(2)23(20,21)9-10-7-22-8-11(10)15-12(18)6-17-5-3-4-14-13(17)19/h3-5,10-11H,6-9H2,1-2H3,(H,15,18)/t10-,11-/m0/s1. The summed E-state index contributed by atoms with van der Waals surface area (Å²) in [6.07, 6.45) is 2.82. The Hall–Kier alpha value is -1.78. The zero-order valence-electron chi connectivity index (χ0n) is 13.0. The number of sulfonamides is 1. The van der Waals surface area contributed by atoms with Gasteiger partial charge in [-0.05, 0) is 6.07 Å². The number of rotatable bonds is 6. The number of nitrogens with one attached hydrogen (secondary N) is 1. The molecule has 1 saturated heterocycles. The van der Waals surface area contributed by atoms with Crippen LogP contribution in [0.4, 0.5) is 0 Å². The summed E-state index contributed by atoms with van der Waals surface area (Å²) in [5.74, 6) is -0.808. The Morgan fingerprint density at radius 2 is 2.22 bits per heavy atom. The lowest BCUT2D eigenvalue weighted by atomic mass is 10.1. The van der Waals surface area contributed by atoms with Crippen molar-refractivity contribution >= 4 is 15.9 Å². The number of amides is 1. The third-order valence-electron chi connectivity index (χ3n) is 3.62. The van der Waals surface area contributed by atoms with Crippen LogP contribution in [0.3, 0.4) is 0 Å². The van der Waals surface area contributed by atoms with Crippen molar-refractivity contribution in [3.8, 4) is 0 Å². The van der Waals surface area contributed by atoms with E-state index in [0.717, 1.165) is 4.31 Å². The van der Waals surface area contributed by atoms with Crippen LogP contribution in [0.5, 0.6) is 0 Å². The van der Waals surface area contributed by atoms with Gasteiger partial charge in [-0.2, -0.15) is 0 Å². The largest absolute Gasteiger partial charge is 0.379 e. The minimum absolute atomic E-state index is 0.0994. The van der Waals surface area contributed by atoms with Gasteiger partial charge in [0.2, 0.25) is 15.9 Å². The van der Waals surface area contributed by atoms with Crippen molar-refractivity contribution in [3.63, 3.8) is 0 Å². The maximum absolute atomic E-state index is 12.1. The predicted molar refractivity (Wildman–Crippen MR) is 82.2 cm³/mol. The zero-order chi connectivity index (χ0) is 17.0. The maximum atomic E-state index is 12.1. The van der Waals surface area contributed by atoms with Gasteiger partial charge in [0, 0.05) is 32.4 Å². The quantitative estimate of drug-likeness (QED) is 0.656. The number of hydrogen-bond donors (Lipinski definition) is 1. The highest BCUT2D eigenvalue weighted by Gasteiger charge is 2.34. The Labute approximate surface area is 134 Å². The molecule has 0 unspecified atom stereocenters. The minimum Gasteiger partial charge on any atom is -0.379 e. The van der Waals surface area contributed by atoms with Gasteiger partial charge in [-0.25, -0.2) is 22.5 Å². The Morgan fingerprint density at radius 3 is 2.87 bits per heavy atom. The van der Waals surface area contributed by atoms with Gasteiger partial charge >= 0.3 is 5.69 Å². The van der Waals surface area contributed by atoms with Gasteiger partial charge in [-0.15, -0.1) is 0 Å². The molecule has 2 rings (SSSR count). The lowest BCUT2D eigenvalue weighted by Crippen LogP contribution is -2.45. The van der Waals surface area contributed by atoms with E-state index >= 15 is 0 Å². The molecule has 1 amide bonds. The summed E-state index contributed by atoms with van der Waals surface area (Å²) >= 11 is 0.